The predicted octanol–water partition coefficient (Wildman–Crippen LogP) is 1.65. The Kier molecular flexibility index (Phi) is 8.27. The third-order valence-corrected chi connectivity index (χ3v) is 7.42. The van der Waals surface area contributed by atoms with Gasteiger partial charge in [0.25, 0.3) is 0 Å². The van der Waals surface area contributed by atoms with Gasteiger partial charge in [-0.2, -0.15) is 0 Å². The van der Waals surface area contributed by atoms with Crippen LogP contribution in [0.25, 0.3) is 0 Å². The molecule has 1 N–H and O–H groups in total. The summed E-state index contributed by atoms with van der Waals surface area (Å²) in [6, 6.07) is 6.66. The van der Waals surface area contributed by atoms with Crippen molar-refractivity contribution >= 4 is 11.6 Å². The Labute approximate surface area is 194 Å². The number of hydrogen-bond donors (Lipinski definition) is 1. The molecule has 0 amide bonds. The molecule has 4 rings (SSSR count). The van der Waals surface area contributed by atoms with E-state index >= 15 is 0 Å². The first-order valence-electron chi connectivity index (χ1n) is 12.4. The first kappa shape index (κ1) is 23.3. The van der Waals surface area contributed by atoms with Crippen molar-refractivity contribution in [2.75, 3.05) is 97.2 Å². The summed E-state index contributed by atoms with van der Waals surface area (Å²) in [6.45, 7) is 18.3. The van der Waals surface area contributed by atoms with E-state index in [1.54, 1.807) is 0 Å². The van der Waals surface area contributed by atoms with Crippen LogP contribution in [0.1, 0.15) is 17.5 Å². The fourth-order valence-electron chi connectivity index (χ4n) is 5.27. The van der Waals surface area contributed by atoms with Crippen LogP contribution in [0.2, 0.25) is 0 Å². The van der Waals surface area contributed by atoms with Crippen LogP contribution in [0.5, 0.6) is 0 Å². The number of benzene rings is 1. The van der Waals surface area contributed by atoms with E-state index in [0.29, 0.717) is 0 Å². The summed E-state index contributed by atoms with van der Waals surface area (Å²) in [5.74, 6) is 1.81. The molecule has 32 heavy (non-hydrogen) atoms. The molecular weight excluding hydrogens is 400 g/mol. The summed E-state index contributed by atoms with van der Waals surface area (Å²) < 4.78 is 5.49. The van der Waals surface area contributed by atoms with E-state index in [2.05, 4.69) is 62.0 Å². The largest absolute Gasteiger partial charge is 0.379 e. The maximum absolute atomic E-state index is 5.49. The Morgan fingerprint density at radius 3 is 2.56 bits per heavy atom. The molecule has 3 aliphatic rings. The van der Waals surface area contributed by atoms with E-state index in [4.69, 9.17) is 4.74 Å². The number of likely N-dealkylation sites (tertiary alicyclic amines) is 1. The highest BCUT2D eigenvalue weighted by Gasteiger charge is 2.27. The molecule has 0 radical (unpaired) electrons. The highest BCUT2D eigenvalue weighted by Crippen LogP contribution is 2.24. The highest BCUT2D eigenvalue weighted by molar-refractivity contribution is 5.80. The van der Waals surface area contributed by atoms with Crippen LogP contribution in [0.15, 0.2) is 23.2 Å². The summed E-state index contributed by atoms with van der Waals surface area (Å²) in [5, 5.41) is 3.63. The summed E-state index contributed by atoms with van der Waals surface area (Å²) in [6.07, 6.45) is 1.26. The molecule has 7 heteroatoms. The number of nitrogens with one attached hydrogen (secondary N) is 1. The average Bonchev–Trinajstić information content (AvgIpc) is 3.28. The molecule has 0 spiro atoms. The Morgan fingerprint density at radius 2 is 1.81 bits per heavy atom. The van der Waals surface area contributed by atoms with Crippen LogP contribution < -0.4 is 10.2 Å². The molecule has 0 bridgehead atoms. The number of hydrogen-bond acceptors (Lipinski definition) is 5. The van der Waals surface area contributed by atoms with Crippen LogP contribution in [0.4, 0.5) is 5.69 Å². The van der Waals surface area contributed by atoms with Crippen molar-refractivity contribution in [3.8, 4) is 0 Å². The lowest BCUT2D eigenvalue weighted by atomic mass is 10.1. The van der Waals surface area contributed by atoms with Crippen LogP contribution in [-0.2, 0) is 4.74 Å². The number of guanidine groups is 1. The Morgan fingerprint density at radius 1 is 1.03 bits per heavy atom. The molecule has 3 fully saturated rings. The number of nitrogens with zero attached hydrogens (tertiary/aromatic N) is 5. The maximum atomic E-state index is 5.49. The number of anilines is 1. The molecule has 0 aromatic heterocycles. The Balaban J connectivity index is 1.16. The smallest absolute Gasteiger partial charge is 0.193 e. The molecule has 0 aliphatic carbocycles. The van der Waals surface area contributed by atoms with Gasteiger partial charge in [0, 0.05) is 84.7 Å². The lowest BCUT2D eigenvalue weighted by Crippen LogP contribution is -2.50. The standard InChI is InChI=1S/C25H42N6O/c1-21-5-4-6-24(22(21)2)30-13-11-28(12-14-30)10-8-27-25(26-3)31-9-7-23(20-31)19-29-15-17-32-18-16-29/h4-6,23H,7-20H2,1-3H3,(H,26,27). The minimum atomic E-state index is 0.741. The third kappa shape index (κ3) is 5.94. The van der Waals surface area contributed by atoms with Crippen molar-refractivity contribution < 1.29 is 4.74 Å². The second-order valence-electron chi connectivity index (χ2n) is 9.54. The van der Waals surface area contributed by atoms with Gasteiger partial charge >= 0.3 is 0 Å². The SMILES string of the molecule is CN=C(NCCN1CCN(c2cccc(C)c2C)CC1)N1CCC(CN2CCOCC2)C1. The van der Waals surface area contributed by atoms with Crippen molar-refractivity contribution in [1.82, 2.24) is 20.0 Å². The van der Waals surface area contributed by atoms with Gasteiger partial charge in [0.1, 0.15) is 0 Å². The molecule has 1 unspecified atom stereocenters. The number of aryl methyl sites for hydroxylation is 1. The molecule has 1 aromatic carbocycles. The normalized spacial score (nSPS) is 23.7. The summed E-state index contributed by atoms with van der Waals surface area (Å²) in [7, 11) is 1.92. The molecule has 3 heterocycles. The number of rotatable bonds is 6. The minimum absolute atomic E-state index is 0.741. The van der Waals surface area contributed by atoms with Gasteiger partial charge in [-0.1, -0.05) is 12.1 Å². The fraction of sp³-hybridized carbons (Fsp3) is 0.720. The molecule has 1 atom stereocenters. The second kappa shape index (κ2) is 11.3. The zero-order chi connectivity index (χ0) is 22.3. The molecular formula is C25H42N6O. The predicted molar refractivity (Wildman–Crippen MR) is 133 cm³/mol. The lowest BCUT2D eigenvalue weighted by Gasteiger charge is -2.37. The van der Waals surface area contributed by atoms with Gasteiger partial charge in [-0.3, -0.25) is 14.8 Å². The number of ether oxygens (including phenoxy) is 1. The van der Waals surface area contributed by atoms with Crippen LogP contribution in [-0.4, -0.2) is 113 Å². The first-order valence-corrected chi connectivity index (χ1v) is 12.4. The van der Waals surface area contributed by atoms with E-state index in [1.807, 2.05) is 7.05 Å². The van der Waals surface area contributed by atoms with Gasteiger partial charge in [0.05, 0.1) is 13.2 Å². The molecule has 7 nitrogen and oxygen atoms in total. The van der Waals surface area contributed by atoms with Crippen molar-refractivity contribution in [2.45, 2.75) is 20.3 Å². The fourth-order valence-corrected chi connectivity index (χ4v) is 5.27. The molecule has 178 valence electrons. The second-order valence-corrected chi connectivity index (χ2v) is 9.54. The number of aliphatic imine (C=N–C) groups is 1. The van der Waals surface area contributed by atoms with Gasteiger partial charge in [0.15, 0.2) is 5.96 Å². The zero-order valence-corrected chi connectivity index (χ0v) is 20.4. The van der Waals surface area contributed by atoms with E-state index in [9.17, 15) is 0 Å². The van der Waals surface area contributed by atoms with Gasteiger partial charge in [-0.05, 0) is 43.4 Å². The van der Waals surface area contributed by atoms with E-state index in [-0.39, 0.29) is 0 Å². The van der Waals surface area contributed by atoms with Crippen LogP contribution in [0.3, 0.4) is 0 Å². The monoisotopic (exact) mass is 442 g/mol. The summed E-state index contributed by atoms with van der Waals surface area (Å²) in [4.78, 5) is 14.7. The van der Waals surface area contributed by atoms with Gasteiger partial charge in [0.2, 0.25) is 0 Å². The molecule has 1 aromatic rings. The quantitative estimate of drug-likeness (QED) is 0.534. The molecule has 3 saturated heterocycles. The lowest BCUT2D eigenvalue weighted by molar-refractivity contribution is 0.0315. The van der Waals surface area contributed by atoms with Gasteiger partial charge in [-0.15, -0.1) is 0 Å². The Hall–Kier alpha value is -1.83. The molecule has 0 saturated carbocycles. The van der Waals surface area contributed by atoms with E-state index in [1.165, 1.54) is 29.8 Å². The van der Waals surface area contributed by atoms with Crippen LogP contribution in [0, 0.1) is 19.8 Å². The van der Waals surface area contributed by atoms with Gasteiger partial charge in [-0.25, -0.2) is 0 Å². The van der Waals surface area contributed by atoms with Gasteiger partial charge < -0.3 is 19.9 Å². The van der Waals surface area contributed by atoms with E-state index < -0.39 is 0 Å². The van der Waals surface area contributed by atoms with Crippen molar-refractivity contribution in [3.63, 3.8) is 0 Å². The maximum Gasteiger partial charge on any atom is 0.193 e. The minimum Gasteiger partial charge on any atom is -0.379 e. The first-order chi connectivity index (χ1) is 15.6. The number of morpholine rings is 1. The molecule has 3 aliphatic heterocycles. The number of piperazine rings is 1. The van der Waals surface area contributed by atoms with E-state index in [0.717, 1.165) is 90.5 Å². The third-order valence-electron chi connectivity index (χ3n) is 7.42. The van der Waals surface area contributed by atoms with Crippen molar-refractivity contribution in [1.29, 1.82) is 0 Å². The van der Waals surface area contributed by atoms with Crippen LogP contribution >= 0.6 is 0 Å². The van der Waals surface area contributed by atoms with Crippen molar-refractivity contribution in [2.24, 2.45) is 10.9 Å². The zero-order valence-electron chi connectivity index (χ0n) is 20.4. The average molecular weight is 443 g/mol. The van der Waals surface area contributed by atoms with Crippen molar-refractivity contribution in [3.05, 3.63) is 29.3 Å². The summed E-state index contributed by atoms with van der Waals surface area (Å²) in [5.41, 5.74) is 4.21. The summed E-state index contributed by atoms with van der Waals surface area (Å²) >= 11 is 0. The topological polar surface area (TPSA) is 46.6 Å². The Bertz CT molecular complexity index is 755. The highest BCUT2D eigenvalue weighted by atomic mass is 16.5.